The van der Waals surface area contributed by atoms with Crippen LogP contribution in [0.25, 0.3) is 0 Å². The van der Waals surface area contributed by atoms with Gasteiger partial charge in [-0.15, -0.1) is 0 Å². The minimum absolute atomic E-state index is 0.0844. The first kappa shape index (κ1) is 12.0. The molecule has 0 saturated carbocycles. The van der Waals surface area contributed by atoms with Crippen LogP contribution in [-0.2, 0) is 4.79 Å². The van der Waals surface area contributed by atoms with Crippen LogP contribution >= 0.6 is 0 Å². The Balaban J connectivity index is 2.08. The van der Waals surface area contributed by atoms with Crippen LogP contribution in [0.5, 0.6) is 11.5 Å². The van der Waals surface area contributed by atoms with E-state index in [2.05, 4.69) is 0 Å². The van der Waals surface area contributed by atoms with E-state index in [9.17, 15) is 9.59 Å². The molecule has 2 rings (SSSR count). The van der Waals surface area contributed by atoms with Crippen LogP contribution in [0.1, 0.15) is 16.8 Å². The molecule has 3 nitrogen and oxygen atoms in total. The minimum Gasteiger partial charge on any atom is -0.457 e. The van der Waals surface area contributed by atoms with Crippen molar-refractivity contribution in [3.05, 3.63) is 60.2 Å². The van der Waals surface area contributed by atoms with Gasteiger partial charge in [-0.1, -0.05) is 18.2 Å². The second-order valence-corrected chi connectivity index (χ2v) is 3.73. The lowest BCUT2D eigenvalue weighted by Crippen LogP contribution is -1.98. The van der Waals surface area contributed by atoms with Crippen LogP contribution in [0.2, 0.25) is 0 Å². The smallest absolute Gasteiger partial charge is 0.169 e. The molecule has 18 heavy (non-hydrogen) atoms. The van der Waals surface area contributed by atoms with E-state index in [0.29, 0.717) is 17.6 Å². The van der Waals surface area contributed by atoms with Gasteiger partial charge in [0.2, 0.25) is 0 Å². The van der Waals surface area contributed by atoms with Gasteiger partial charge in [0.15, 0.2) is 5.78 Å². The standard InChI is InChI=1S/C15H12O3/c16-11-10-15(17)12-6-8-14(9-7-12)18-13-4-2-1-3-5-13/h1-9,11H,10H2. The Labute approximate surface area is 105 Å². The molecule has 3 heteroatoms. The number of para-hydroxylation sites is 1. The third kappa shape index (κ3) is 3.04. The second-order valence-electron chi connectivity index (χ2n) is 3.73. The van der Waals surface area contributed by atoms with Gasteiger partial charge in [-0.05, 0) is 36.4 Å². The van der Waals surface area contributed by atoms with E-state index >= 15 is 0 Å². The second kappa shape index (κ2) is 5.77. The Hall–Kier alpha value is -2.42. The lowest BCUT2D eigenvalue weighted by molar-refractivity contribution is -0.107. The maximum Gasteiger partial charge on any atom is 0.169 e. The van der Waals surface area contributed by atoms with Crippen molar-refractivity contribution >= 4 is 12.1 Å². The highest BCUT2D eigenvalue weighted by Gasteiger charge is 2.05. The number of carbonyl (C=O) groups excluding carboxylic acids is 2. The number of hydrogen-bond acceptors (Lipinski definition) is 3. The maximum absolute atomic E-state index is 11.4. The van der Waals surface area contributed by atoms with Gasteiger partial charge in [-0.2, -0.15) is 0 Å². The molecule has 0 atom stereocenters. The highest BCUT2D eigenvalue weighted by atomic mass is 16.5. The van der Waals surface area contributed by atoms with Gasteiger partial charge in [-0.25, -0.2) is 0 Å². The number of Topliss-reactive ketones (excluding diaryl/α,β-unsaturated/α-hetero) is 1. The average Bonchev–Trinajstić information content (AvgIpc) is 2.41. The molecule has 0 bridgehead atoms. The fourth-order valence-electron chi connectivity index (χ4n) is 1.53. The summed E-state index contributed by atoms with van der Waals surface area (Å²) in [5, 5.41) is 0. The predicted molar refractivity (Wildman–Crippen MR) is 68.0 cm³/mol. The summed E-state index contributed by atoms with van der Waals surface area (Å²) in [7, 11) is 0. The molecule has 0 aliphatic heterocycles. The summed E-state index contributed by atoms with van der Waals surface area (Å²) in [5.74, 6) is 1.21. The van der Waals surface area contributed by atoms with Crippen molar-refractivity contribution < 1.29 is 14.3 Å². The van der Waals surface area contributed by atoms with Gasteiger partial charge in [0.05, 0.1) is 6.42 Å². The number of aldehydes is 1. The van der Waals surface area contributed by atoms with Gasteiger partial charge < -0.3 is 9.53 Å². The Morgan fingerprint density at radius 2 is 1.56 bits per heavy atom. The van der Waals surface area contributed by atoms with E-state index in [-0.39, 0.29) is 12.2 Å². The molecule has 90 valence electrons. The van der Waals surface area contributed by atoms with Crippen LogP contribution < -0.4 is 4.74 Å². The van der Waals surface area contributed by atoms with Crippen LogP contribution in [0.4, 0.5) is 0 Å². The lowest BCUT2D eigenvalue weighted by Gasteiger charge is -2.05. The highest BCUT2D eigenvalue weighted by molar-refractivity contribution is 6.02. The molecule has 0 amide bonds. The molecular weight excluding hydrogens is 228 g/mol. The minimum atomic E-state index is -0.184. The summed E-state index contributed by atoms with van der Waals surface area (Å²) in [6.45, 7) is 0. The van der Waals surface area contributed by atoms with Gasteiger partial charge in [0.25, 0.3) is 0 Å². The summed E-state index contributed by atoms with van der Waals surface area (Å²) < 4.78 is 5.59. The lowest BCUT2D eigenvalue weighted by atomic mass is 10.1. The average molecular weight is 240 g/mol. The zero-order valence-corrected chi connectivity index (χ0v) is 9.71. The van der Waals surface area contributed by atoms with Crippen LogP contribution in [0.3, 0.4) is 0 Å². The maximum atomic E-state index is 11.4. The number of carbonyl (C=O) groups is 2. The molecular formula is C15H12O3. The van der Waals surface area contributed by atoms with E-state index in [0.717, 1.165) is 5.75 Å². The van der Waals surface area contributed by atoms with Crippen molar-refractivity contribution in [2.45, 2.75) is 6.42 Å². The molecule has 0 radical (unpaired) electrons. The zero-order valence-electron chi connectivity index (χ0n) is 9.71. The van der Waals surface area contributed by atoms with Crippen LogP contribution in [-0.4, -0.2) is 12.1 Å². The molecule has 0 saturated heterocycles. The van der Waals surface area contributed by atoms with Gasteiger partial charge in [0.1, 0.15) is 17.8 Å². The van der Waals surface area contributed by atoms with Gasteiger partial charge in [0, 0.05) is 5.56 Å². The zero-order chi connectivity index (χ0) is 12.8. The predicted octanol–water partition coefficient (Wildman–Crippen LogP) is 3.25. The Kier molecular flexibility index (Phi) is 3.86. The summed E-state index contributed by atoms with van der Waals surface area (Å²) in [6.07, 6.45) is 0.523. The normalized spacial score (nSPS) is 9.78. The van der Waals surface area contributed by atoms with Crippen molar-refractivity contribution in [1.82, 2.24) is 0 Å². The SMILES string of the molecule is O=CCC(=O)c1ccc(Oc2ccccc2)cc1. The molecule has 0 aliphatic carbocycles. The summed E-state index contributed by atoms with van der Waals surface area (Å²) in [4.78, 5) is 21.7. The number of hydrogen-bond donors (Lipinski definition) is 0. The van der Waals surface area contributed by atoms with Gasteiger partial charge >= 0.3 is 0 Å². The number of benzene rings is 2. The van der Waals surface area contributed by atoms with Crippen molar-refractivity contribution in [1.29, 1.82) is 0 Å². The van der Waals surface area contributed by atoms with Crippen molar-refractivity contribution in [2.75, 3.05) is 0 Å². The van der Waals surface area contributed by atoms with E-state index in [1.54, 1.807) is 24.3 Å². The topological polar surface area (TPSA) is 43.4 Å². The molecule has 0 spiro atoms. The van der Waals surface area contributed by atoms with E-state index < -0.39 is 0 Å². The highest BCUT2D eigenvalue weighted by Crippen LogP contribution is 2.21. The Morgan fingerprint density at radius 3 is 2.17 bits per heavy atom. The number of rotatable bonds is 5. The Morgan fingerprint density at radius 1 is 0.944 bits per heavy atom. The summed E-state index contributed by atoms with van der Waals surface area (Å²) in [6, 6.07) is 16.1. The fraction of sp³-hybridized carbons (Fsp3) is 0.0667. The largest absolute Gasteiger partial charge is 0.457 e. The van der Waals surface area contributed by atoms with Gasteiger partial charge in [-0.3, -0.25) is 4.79 Å². The quantitative estimate of drug-likeness (QED) is 0.457. The Bertz CT molecular complexity index is 529. The molecule has 0 N–H and O–H groups in total. The number of ether oxygens (including phenoxy) is 1. The first-order chi connectivity index (χ1) is 8.79. The van der Waals surface area contributed by atoms with Crippen molar-refractivity contribution in [3.63, 3.8) is 0 Å². The van der Waals surface area contributed by atoms with E-state index in [1.807, 2.05) is 30.3 Å². The third-order valence-electron chi connectivity index (χ3n) is 2.42. The first-order valence-corrected chi connectivity index (χ1v) is 5.59. The molecule has 0 aliphatic rings. The first-order valence-electron chi connectivity index (χ1n) is 5.59. The fourth-order valence-corrected chi connectivity index (χ4v) is 1.53. The monoisotopic (exact) mass is 240 g/mol. The van der Waals surface area contributed by atoms with E-state index in [1.165, 1.54) is 0 Å². The molecule has 0 aromatic heterocycles. The third-order valence-corrected chi connectivity index (χ3v) is 2.42. The summed E-state index contributed by atoms with van der Waals surface area (Å²) in [5.41, 5.74) is 0.516. The molecule has 0 unspecified atom stereocenters. The van der Waals surface area contributed by atoms with E-state index in [4.69, 9.17) is 4.74 Å². The molecule has 0 heterocycles. The van der Waals surface area contributed by atoms with Crippen molar-refractivity contribution in [3.8, 4) is 11.5 Å². The molecule has 2 aromatic carbocycles. The van der Waals surface area contributed by atoms with Crippen LogP contribution in [0, 0.1) is 0 Å². The number of ketones is 1. The molecule has 0 fully saturated rings. The summed E-state index contributed by atoms with van der Waals surface area (Å²) >= 11 is 0. The van der Waals surface area contributed by atoms with Crippen molar-refractivity contribution in [2.24, 2.45) is 0 Å². The van der Waals surface area contributed by atoms with Crippen LogP contribution in [0.15, 0.2) is 54.6 Å². The molecule has 2 aromatic rings.